The Hall–Kier alpha value is -2.34. The van der Waals surface area contributed by atoms with Crippen molar-refractivity contribution in [3.8, 4) is 5.75 Å². The maximum Gasteiger partial charge on any atom is 0.313 e. The normalized spacial score (nSPS) is 10.4. The standard InChI is InChI=1S/C19H21BrN2O3/c1-12(2)25-16-7-4-14(5-8-16)11-21-18(23)19(24)22-17-9-6-15(20)10-13(17)3/h4-10,12H,11H2,1-3H3,(H,21,23)(H,22,24). The summed E-state index contributed by atoms with van der Waals surface area (Å²) < 4.78 is 6.48. The fourth-order valence-corrected chi connectivity index (χ4v) is 2.64. The fraction of sp³-hybridized carbons (Fsp3) is 0.263. The van der Waals surface area contributed by atoms with Crippen molar-refractivity contribution in [1.82, 2.24) is 5.32 Å². The van der Waals surface area contributed by atoms with Crippen molar-refractivity contribution >= 4 is 33.4 Å². The first-order valence-electron chi connectivity index (χ1n) is 7.96. The molecule has 5 nitrogen and oxygen atoms in total. The van der Waals surface area contributed by atoms with Gasteiger partial charge in [-0.05, 0) is 62.2 Å². The van der Waals surface area contributed by atoms with Crippen LogP contribution in [0.2, 0.25) is 0 Å². The van der Waals surface area contributed by atoms with E-state index in [4.69, 9.17) is 4.74 Å². The molecular formula is C19H21BrN2O3. The molecule has 2 N–H and O–H groups in total. The van der Waals surface area contributed by atoms with Crippen LogP contribution in [0.3, 0.4) is 0 Å². The van der Waals surface area contributed by atoms with Gasteiger partial charge in [0, 0.05) is 16.7 Å². The summed E-state index contributed by atoms with van der Waals surface area (Å²) in [6.45, 7) is 6.05. The maximum absolute atomic E-state index is 12.0. The van der Waals surface area contributed by atoms with Crippen LogP contribution < -0.4 is 15.4 Å². The van der Waals surface area contributed by atoms with Crippen LogP contribution in [-0.2, 0) is 16.1 Å². The zero-order valence-corrected chi connectivity index (χ0v) is 16.0. The molecular weight excluding hydrogens is 384 g/mol. The Morgan fingerprint density at radius 3 is 2.36 bits per heavy atom. The van der Waals surface area contributed by atoms with Crippen LogP contribution >= 0.6 is 15.9 Å². The van der Waals surface area contributed by atoms with Gasteiger partial charge < -0.3 is 15.4 Å². The third-order valence-electron chi connectivity index (χ3n) is 3.39. The smallest absolute Gasteiger partial charge is 0.313 e. The highest BCUT2D eigenvalue weighted by Gasteiger charge is 2.14. The summed E-state index contributed by atoms with van der Waals surface area (Å²) in [6.07, 6.45) is 0.108. The molecule has 2 amide bonds. The van der Waals surface area contributed by atoms with Gasteiger partial charge in [0.25, 0.3) is 0 Å². The van der Waals surface area contributed by atoms with E-state index in [1.165, 1.54) is 0 Å². The van der Waals surface area contributed by atoms with E-state index >= 15 is 0 Å². The summed E-state index contributed by atoms with van der Waals surface area (Å²) in [6, 6.07) is 12.8. The first kappa shape index (κ1) is 19.0. The Labute approximate surface area is 155 Å². The summed E-state index contributed by atoms with van der Waals surface area (Å²) in [7, 11) is 0. The van der Waals surface area contributed by atoms with Gasteiger partial charge in [-0.3, -0.25) is 9.59 Å². The zero-order chi connectivity index (χ0) is 18.4. The number of hydrogen-bond donors (Lipinski definition) is 2. The molecule has 6 heteroatoms. The number of halogens is 1. The molecule has 0 aromatic heterocycles. The Morgan fingerprint density at radius 2 is 1.76 bits per heavy atom. The summed E-state index contributed by atoms with van der Waals surface area (Å²) in [4.78, 5) is 23.9. The number of carbonyl (C=O) groups excluding carboxylic acids is 2. The van der Waals surface area contributed by atoms with Crippen molar-refractivity contribution in [2.75, 3.05) is 5.32 Å². The number of amides is 2. The molecule has 0 saturated heterocycles. The fourth-order valence-electron chi connectivity index (χ4n) is 2.17. The number of hydrogen-bond acceptors (Lipinski definition) is 3. The SMILES string of the molecule is Cc1cc(Br)ccc1NC(=O)C(=O)NCc1ccc(OC(C)C)cc1. The Bertz CT molecular complexity index is 758. The van der Waals surface area contributed by atoms with Gasteiger partial charge in [0.05, 0.1) is 6.10 Å². The second-order valence-electron chi connectivity index (χ2n) is 5.91. The zero-order valence-electron chi connectivity index (χ0n) is 14.4. The minimum atomic E-state index is -0.690. The van der Waals surface area contributed by atoms with E-state index in [9.17, 15) is 9.59 Å². The minimum Gasteiger partial charge on any atom is -0.491 e. The number of rotatable bonds is 5. The number of benzene rings is 2. The molecule has 0 bridgehead atoms. The predicted octanol–water partition coefficient (Wildman–Crippen LogP) is 3.80. The summed E-state index contributed by atoms with van der Waals surface area (Å²) in [5.74, 6) is -0.594. The Morgan fingerprint density at radius 1 is 1.08 bits per heavy atom. The first-order valence-corrected chi connectivity index (χ1v) is 8.75. The van der Waals surface area contributed by atoms with Crippen molar-refractivity contribution in [3.63, 3.8) is 0 Å². The predicted molar refractivity (Wildman–Crippen MR) is 102 cm³/mol. The lowest BCUT2D eigenvalue weighted by molar-refractivity contribution is -0.136. The lowest BCUT2D eigenvalue weighted by Gasteiger charge is -2.11. The average Bonchev–Trinajstić information content (AvgIpc) is 2.56. The van der Waals surface area contributed by atoms with Crippen LogP contribution in [0.5, 0.6) is 5.75 Å². The molecule has 0 aliphatic heterocycles. The highest BCUT2D eigenvalue weighted by atomic mass is 79.9. The Balaban J connectivity index is 1.87. The van der Waals surface area contributed by atoms with Crippen LogP contribution in [0.1, 0.15) is 25.0 Å². The lowest BCUT2D eigenvalue weighted by atomic mass is 10.2. The number of aryl methyl sites for hydroxylation is 1. The van der Waals surface area contributed by atoms with Crippen molar-refractivity contribution in [1.29, 1.82) is 0 Å². The molecule has 2 aromatic rings. The monoisotopic (exact) mass is 404 g/mol. The number of carbonyl (C=O) groups is 2. The molecule has 0 atom stereocenters. The van der Waals surface area contributed by atoms with Crippen LogP contribution in [0.15, 0.2) is 46.9 Å². The lowest BCUT2D eigenvalue weighted by Crippen LogP contribution is -2.35. The molecule has 2 aromatic carbocycles. The van der Waals surface area contributed by atoms with Gasteiger partial charge in [0.1, 0.15) is 5.75 Å². The van der Waals surface area contributed by atoms with Crippen LogP contribution in [0, 0.1) is 6.92 Å². The second kappa shape index (κ2) is 8.67. The van der Waals surface area contributed by atoms with Crippen LogP contribution in [0.25, 0.3) is 0 Å². The Kier molecular flexibility index (Phi) is 6.58. The summed E-state index contributed by atoms with van der Waals surface area (Å²) in [5, 5.41) is 5.22. The third kappa shape index (κ3) is 5.90. The van der Waals surface area contributed by atoms with E-state index < -0.39 is 11.8 Å². The molecule has 132 valence electrons. The molecule has 0 aliphatic rings. The van der Waals surface area contributed by atoms with Crippen LogP contribution in [-0.4, -0.2) is 17.9 Å². The van der Waals surface area contributed by atoms with Gasteiger partial charge in [-0.25, -0.2) is 0 Å². The van der Waals surface area contributed by atoms with Gasteiger partial charge in [-0.1, -0.05) is 28.1 Å². The van der Waals surface area contributed by atoms with E-state index in [1.54, 1.807) is 12.1 Å². The van der Waals surface area contributed by atoms with Gasteiger partial charge in [0.15, 0.2) is 0 Å². The van der Waals surface area contributed by atoms with Gasteiger partial charge in [0.2, 0.25) is 0 Å². The van der Waals surface area contributed by atoms with Crippen molar-refractivity contribution in [3.05, 3.63) is 58.1 Å². The van der Waals surface area contributed by atoms with E-state index in [2.05, 4.69) is 26.6 Å². The number of nitrogens with one attached hydrogen (secondary N) is 2. The molecule has 0 heterocycles. The van der Waals surface area contributed by atoms with E-state index in [0.29, 0.717) is 5.69 Å². The largest absolute Gasteiger partial charge is 0.491 e. The highest BCUT2D eigenvalue weighted by molar-refractivity contribution is 9.10. The molecule has 0 radical (unpaired) electrons. The molecule has 0 aliphatic carbocycles. The molecule has 2 rings (SSSR count). The molecule has 0 unspecified atom stereocenters. The van der Waals surface area contributed by atoms with E-state index in [0.717, 1.165) is 21.3 Å². The van der Waals surface area contributed by atoms with Gasteiger partial charge in [-0.15, -0.1) is 0 Å². The van der Waals surface area contributed by atoms with Crippen molar-refractivity contribution in [2.45, 2.75) is 33.4 Å². The summed E-state index contributed by atoms with van der Waals surface area (Å²) in [5.41, 5.74) is 2.37. The van der Waals surface area contributed by atoms with Gasteiger partial charge in [-0.2, -0.15) is 0 Å². The van der Waals surface area contributed by atoms with E-state index in [1.807, 2.05) is 51.1 Å². The minimum absolute atomic E-state index is 0.108. The topological polar surface area (TPSA) is 67.4 Å². The van der Waals surface area contributed by atoms with Crippen molar-refractivity contribution < 1.29 is 14.3 Å². The van der Waals surface area contributed by atoms with Crippen LogP contribution in [0.4, 0.5) is 5.69 Å². The number of anilines is 1. The second-order valence-corrected chi connectivity index (χ2v) is 6.82. The number of ether oxygens (including phenoxy) is 1. The highest BCUT2D eigenvalue weighted by Crippen LogP contribution is 2.20. The molecule has 0 fully saturated rings. The first-order chi connectivity index (χ1) is 11.8. The average molecular weight is 405 g/mol. The molecule has 0 spiro atoms. The molecule has 0 saturated carbocycles. The maximum atomic E-state index is 12.0. The quantitative estimate of drug-likeness (QED) is 0.744. The third-order valence-corrected chi connectivity index (χ3v) is 3.88. The van der Waals surface area contributed by atoms with Gasteiger partial charge >= 0.3 is 11.8 Å². The van der Waals surface area contributed by atoms with E-state index in [-0.39, 0.29) is 12.6 Å². The molecule has 25 heavy (non-hydrogen) atoms. The summed E-state index contributed by atoms with van der Waals surface area (Å²) >= 11 is 3.36. The van der Waals surface area contributed by atoms with Crippen molar-refractivity contribution in [2.24, 2.45) is 0 Å².